The highest BCUT2D eigenvalue weighted by molar-refractivity contribution is 8.36. The van der Waals surface area contributed by atoms with Crippen molar-refractivity contribution < 1.29 is 5.11 Å². The van der Waals surface area contributed by atoms with Crippen molar-refractivity contribution in [3.63, 3.8) is 0 Å². The van der Waals surface area contributed by atoms with E-state index < -0.39 is 15.8 Å². The van der Waals surface area contributed by atoms with E-state index in [2.05, 4.69) is 35.3 Å². The predicted molar refractivity (Wildman–Crippen MR) is 86.2 cm³/mol. The maximum absolute atomic E-state index is 10.2. The lowest BCUT2D eigenvalue weighted by atomic mass is 9.84. The molecule has 0 aromatic carbocycles. The molecule has 2 aliphatic rings. The molecule has 0 saturated heterocycles. The molecule has 1 unspecified atom stereocenters. The Morgan fingerprint density at radius 1 is 1.26 bits per heavy atom. The van der Waals surface area contributed by atoms with E-state index in [0.717, 1.165) is 11.7 Å². The van der Waals surface area contributed by atoms with Gasteiger partial charge in [-0.2, -0.15) is 0 Å². The number of rotatable bonds is 4. The standard InChI is InChI=1S/C16H29NOS/c1-16(2,18)13-19(17(3)4)11-10-15(12-19)14-8-6-5-7-9-14/h10-12,14,18H,5-9,13H2,1-4H3. The van der Waals surface area contributed by atoms with Gasteiger partial charge in [0.15, 0.2) is 0 Å². The van der Waals surface area contributed by atoms with Crippen molar-refractivity contribution in [2.45, 2.75) is 51.6 Å². The van der Waals surface area contributed by atoms with Crippen molar-refractivity contribution in [2.24, 2.45) is 5.92 Å². The molecule has 1 N–H and O–H groups in total. The van der Waals surface area contributed by atoms with Gasteiger partial charge in [0.1, 0.15) is 0 Å². The Morgan fingerprint density at radius 2 is 1.89 bits per heavy atom. The van der Waals surface area contributed by atoms with E-state index in [9.17, 15) is 5.11 Å². The van der Waals surface area contributed by atoms with Crippen LogP contribution in [0, 0.1) is 5.92 Å². The van der Waals surface area contributed by atoms with Crippen LogP contribution in [0.5, 0.6) is 0 Å². The van der Waals surface area contributed by atoms with Crippen LogP contribution in [0.4, 0.5) is 0 Å². The van der Waals surface area contributed by atoms with E-state index in [4.69, 9.17) is 0 Å². The monoisotopic (exact) mass is 283 g/mol. The molecule has 0 spiro atoms. The fraction of sp³-hybridized carbons (Fsp3) is 0.750. The van der Waals surface area contributed by atoms with Crippen molar-refractivity contribution in [1.29, 1.82) is 0 Å². The highest BCUT2D eigenvalue weighted by Gasteiger charge is 2.33. The minimum atomic E-state index is -1.09. The molecule has 0 aromatic rings. The normalized spacial score (nSPS) is 32.4. The summed E-state index contributed by atoms with van der Waals surface area (Å²) in [5.74, 6) is 1.60. The topological polar surface area (TPSA) is 23.5 Å². The first-order valence-electron chi connectivity index (χ1n) is 7.43. The Hall–Kier alpha value is -0.250. The van der Waals surface area contributed by atoms with E-state index in [1.807, 2.05) is 13.8 Å². The number of nitrogens with zero attached hydrogens (tertiary/aromatic N) is 1. The van der Waals surface area contributed by atoms with Crippen molar-refractivity contribution in [3.05, 3.63) is 22.5 Å². The fourth-order valence-corrected chi connectivity index (χ4v) is 6.43. The van der Waals surface area contributed by atoms with Crippen molar-refractivity contribution >= 4 is 10.2 Å². The largest absolute Gasteiger partial charge is 0.390 e. The summed E-state index contributed by atoms with van der Waals surface area (Å²) in [6.07, 6.45) is 9.21. The van der Waals surface area contributed by atoms with Gasteiger partial charge >= 0.3 is 0 Å². The van der Waals surface area contributed by atoms with Crippen molar-refractivity contribution in [3.8, 4) is 0 Å². The average Bonchev–Trinajstić information content (AvgIpc) is 2.73. The second kappa shape index (κ2) is 5.63. The molecular weight excluding hydrogens is 254 g/mol. The van der Waals surface area contributed by atoms with E-state index in [1.54, 1.807) is 0 Å². The first kappa shape index (κ1) is 15.1. The molecule has 1 aliphatic carbocycles. The minimum Gasteiger partial charge on any atom is -0.390 e. The van der Waals surface area contributed by atoms with Crippen LogP contribution < -0.4 is 0 Å². The first-order valence-corrected chi connectivity index (χ1v) is 9.32. The molecule has 0 amide bonds. The predicted octanol–water partition coefficient (Wildman–Crippen LogP) is 4.03. The zero-order valence-corrected chi connectivity index (χ0v) is 13.7. The first-order chi connectivity index (χ1) is 8.82. The molecule has 1 saturated carbocycles. The molecule has 19 heavy (non-hydrogen) atoms. The average molecular weight is 283 g/mol. The van der Waals surface area contributed by atoms with Gasteiger partial charge < -0.3 is 5.11 Å². The summed E-state index contributed by atoms with van der Waals surface area (Å²) in [6.45, 7) is 3.84. The number of hydrogen-bond donors (Lipinski definition) is 1. The summed E-state index contributed by atoms with van der Waals surface area (Å²) in [5, 5.41) is 15.1. The van der Waals surface area contributed by atoms with Crippen LogP contribution in [0.1, 0.15) is 46.0 Å². The second-order valence-corrected chi connectivity index (χ2v) is 9.98. The number of aliphatic hydroxyl groups is 1. The van der Waals surface area contributed by atoms with E-state index in [0.29, 0.717) is 0 Å². The van der Waals surface area contributed by atoms with Crippen LogP contribution in [0.3, 0.4) is 0 Å². The van der Waals surface area contributed by atoms with Crippen LogP contribution in [0.2, 0.25) is 0 Å². The summed E-state index contributed by atoms with van der Waals surface area (Å²) in [6, 6.07) is 0. The SMILES string of the molecule is CN(C)S1(CC(C)(C)O)C=CC(C2CCCCC2)=C1. The molecule has 110 valence electrons. The van der Waals surface area contributed by atoms with Gasteiger partial charge in [0.2, 0.25) is 0 Å². The maximum atomic E-state index is 10.2. The number of hydrogen-bond acceptors (Lipinski definition) is 2. The van der Waals surface area contributed by atoms with Gasteiger partial charge in [-0.1, -0.05) is 25.3 Å². The Kier molecular flexibility index (Phi) is 4.49. The van der Waals surface area contributed by atoms with Gasteiger partial charge in [-0.15, -0.1) is 10.2 Å². The van der Waals surface area contributed by atoms with Gasteiger partial charge in [0, 0.05) is 5.75 Å². The van der Waals surface area contributed by atoms with Crippen molar-refractivity contribution in [1.82, 2.24) is 4.31 Å². The van der Waals surface area contributed by atoms with Gasteiger partial charge in [-0.3, -0.25) is 4.31 Å². The zero-order chi connectivity index (χ0) is 14.1. The van der Waals surface area contributed by atoms with Crippen LogP contribution >= 0.6 is 10.2 Å². The van der Waals surface area contributed by atoms with Crippen LogP contribution in [-0.2, 0) is 0 Å². The highest BCUT2D eigenvalue weighted by atomic mass is 32.3. The lowest BCUT2D eigenvalue weighted by Gasteiger charge is -2.42. The molecule has 0 bridgehead atoms. The summed E-state index contributed by atoms with van der Waals surface area (Å²) in [7, 11) is 3.20. The minimum absolute atomic E-state index is 0.609. The molecule has 2 rings (SSSR count). The number of allylic oxidation sites excluding steroid dienone is 2. The molecule has 1 aliphatic heterocycles. The summed E-state index contributed by atoms with van der Waals surface area (Å²) >= 11 is 0. The lowest BCUT2D eigenvalue weighted by molar-refractivity contribution is 0.105. The maximum Gasteiger partial charge on any atom is 0.0684 e. The highest BCUT2D eigenvalue weighted by Crippen LogP contribution is 2.59. The summed E-state index contributed by atoms with van der Waals surface area (Å²) in [5.41, 5.74) is 0.926. The van der Waals surface area contributed by atoms with E-state index in [-0.39, 0.29) is 0 Å². The Morgan fingerprint density at radius 3 is 2.42 bits per heavy atom. The van der Waals surface area contributed by atoms with Crippen LogP contribution in [-0.4, -0.2) is 34.9 Å². The quantitative estimate of drug-likeness (QED) is 0.842. The molecular formula is C16H29NOS. The Balaban J connectivity index is 2.18. The van der Waals surface area contributed by atoms with Gasteiger partial charge in [-0.25, -0.2) is 0 Å². The third-order valence-electron chi connectivity index (χ3n) is 4.18. The summed E-state index contributed by atoms with van der Waals surface area (Å²) < 4.78 is 2.32. The van der Waals surface area contributed by atoms with Gasteiger partial charge in [0.05, 0.1) is 5.60 Å². The zero-order valence-electron chi connectivity index (χ0n) is 12.9. The molecule has 1 heterocycles. The molecule has 0 radical (unpaired) electrons. The fourth-order valence-electron chi connectivity index (χ4n) is 3.19. The third kappa shape index (κ3) is 3.65. The Bertz CT molecular complexity index is 375. The smallest absolute Gasteiger partial charge is 0.0684 e. The molecule has 3 heteroatoms. The van der Waals surface area contributed by atoms with Gasteiger partial charge in [0.25, 0.3) is 0 Å². The van der Waals surface area contributed by atoms with Crippen LogP contribution in [0.15, 0.2) is 22.5 Å². The van der Waals surface area contributed by atoms with E-state index in [1.165, 1.54) is 37.7 Å². The molecule has 0 aromatic heterocycles. The molecule has 1 atom stereocenters. The summed E-state index contributed by atoms with van der Waals surface area (Å²) in [4.78, 5) is 0. The molecule has 2 nitrogen and oxygen atoms in total. The Labute approximate surface area is 120 Å². The van der Waals surface area contributed by atoms with Crippen LogP contribution in [0.25, 0.3) is 0 Å². The van der Waals surface area contributed by atoms with Crippen molar-refractivity contribution in [2.75, 3.05) is 19.8 Å². The molecule has 1 fully saturated rings. The van der Waals surface area contributed by atoms with E-state index >= 15 is 0 Å². The lowest BCUT2D eigenvalue weighted by Crippen LogP contribution is -2.32. The third-order valence-corrected chi connectivity index (χ3v) is 7.99. The second-order valence-electron chi connectivity index (χ2n) is 6.83. The van der Waals surface area contributed by atoms with Gasteiger partial charge in [-0.05, 0) is 63.1 Å².